The van der Waals surface area contributed by atoms with Gasteiger partial charge in [0, 0.05) is 37.4 Å². The van der Waals surface area contributed by atoms with E-state index < -0.39 is 9.84 Å². The van der Waals surface area contributed by atoms with Crippen molar-refractivity contribution in [3.8, 4) is 11.8 Å². The first-order valence-electron chi connectivity index (χ1n) is 12.1. The fraction of sp³-hybridized carbons (Fsp3) is 0.583. The highest BCUT2D eigenvalue weighted by Crippen LogP contribution is 2.31. The predicted octanol–water partition coefficient (Wildman–Crippen LogP) is 1.56. The maximum atomic E-state index is 12.9. The van der Waals surface area contributed by atoms with Crippen LogP contribution in [0.15, 0.2) is 18.6 Å². The number of carbonyl (C=O) groups excluding carboxylic acids is 1. The van der Waals surface area contributed by atoms with Gasteiger partial charge in [-0.3, -0.25) is 4.79 Å². The average Bonchev–Trinajstić information content (AvgIpc) is 3.32. The molecule has 2 aromatic heterocycles. The minimum atomic E-state index is -2.99. The SMILES string of the molecule is COc1ncc(N2CCc3ncnc(O[C@H]4CCN(C(=O)C5CCS(=O)(=O)CC5)C4)c3C2)cc1C. The lowest BCUT2D eigenvalue weighted by Crippen LogP contribution is -2.39. The highest BCUT2D eigenvalue weighted by Gasteiger charge is 2.36. The molecule has 0 aliphatic carbocycles. The molecule has 0 spiro atoms. The van der Waals surface area contributed by atoms with Crippen molar-refractivity contribution in [3.63, 3.8) is 0 Å². The summed E-state index contributed by atoms with van der Waals surface area (Å²) < 4.78 is 35.0. The normalized spacial score (nSPS) is 22.1. The van der Waals surface area contributed by atoms with E-state index in [2.05, 4.69) is 25.9 Å². The molecule has 0 aromatic carbocycles. The lowest BCUT2D eigenvalue weighted by molar-refractivity contribution is -0.135. The van der Waals surface area contributed by atoms with Crippen LogP contribution >= 0.6 is 0 Å². The molecule has 1 atom stereocenters. The molecule has 5 heterocycles. The largest absolute Gasteiger partial charge is 0.481 e. The van der Waals surface area contributed by atoms with E-state index in [0.717, 1.165) is 41.9 Å². The van der Waals surface area contributed by atoms with Gasteiger partial charge in [-0.25, -0.2) is 23.4 Å². The van der Waals surface area contributed by atoms with Crippen LogP contribution in [0.25, 0.3) is 0 Å². The number of ether oxygens (including phenoxy) is 2. The monoisotopic (exact) mass is 501 g/mol. The third-order valence-corrected chi connectivity index (χ3v) is 8.89. The van der Waals surface area contributed by atoms with E-state index in [4.69, 9.17) is 9.47 Å². The molecule has 188 valence electrons. The molecule has 0 saturated carbocycles. The maximum Gasteiger partial charge on any atom is 0.225 e. The molecule has 0 N–H and O–H groups in total. The number of fused-ring (bicyclic) bond motifs is 1. The van der Waals surface area contributed by atoms with Gasteiger partial charge in [-0.1, -0.05) is 0 Å². The summed E-state index contributed by atoms with van der Waals surface area (Å²) in [6.07, 6.45) is 5.54. The number of anilines is 1. The van der Waals surface area contributed by atoms with Gasteiger partial charge in [-0.15, -0.1) is 0 Å². The molecule has 0 bridgehead atoms. The molecule has 2 saturated heterocycles. The molecule has 10 nitrogen and oxygen atoms in total. The number of hydrogen-bond donors (Lipinski definition) is 0. The second-order valence-electron chi connectivity index (χ2n) is 9.53. The summed E-state index contributed by atoms with van der Waals surface area (Å²) in [5.74, 6) is 1.23. The van der Waals surface area contributed by atoms with Crippen LogP contribution < -0.4 is 14.4 Å². The number of methoxy groups -OCH3 is 1. The van der Waals surface area contributed by atoms with Crippen LogP contribution in [0.1, 0.15) is 36.1 Å². The van der Waals surface area contributed by atoms with E-state index >= 15 is 0 Å². The van der Waals surface area contributed by atoms with Gasteiger partial charge in [0.05, 0.1) is 54.8 Å². The van der Waals surface area contributed by atoms with Crippen molar-refractivity contribution < 1.29 is 22.7 Å². The Morgan fingerprint density at radius 2 is 1.89 bits per heavy atom. The van der Waals surface area contributed by atoms with E-state index in [1.54, 1.807) is 13.4 Å². The molecule has 3 aliphatic rings. The van der Waals surface area contributed by atoms with E-state index in [9.17, 15) is 13.2 Å². The van der Waals surface area contributed by atoms with Crippen molar-refractivity contribution >= 4 is 21.4 Å². The minimum absolute atomic E-state index is 0.0456. The predicted molar refractivity (Wildman–Crippen MR) is 129 cm³/mol. The van der Waals surface area contributed by atoms with Crippen LogP contribution in [0, 0.1) is 12.8 Å². The number of likely N-dealkylation sites (tertiary alicyclic amines) is 1. The molecule has 0 unspecified atom stereocenters. The Morgan fingerprint density at radius 3 is 2.63 bits per heavy atom. The summed E-state index contributed by atoms with van der Waals surface area (Å²) in [6.45, 7) is 4.52. The van der Waals surface area contributed by atoms with Crippen LogP contribution in [0.4, 0.5) is 5.69 Å². The Bertz CT molecular complexity index is 1210. The zero-order valence-corrected chi connectivity index (χ0v) is 21.0. The first kappa shape index (κ1) is 23.8. The second kappa shape index (κ2) is 9.60. The average molecular weight is 502 g/mol. The molecule has 35 heavy (non-hydrogen) atoms. The van der Waals surface area contributed by atoms with Crippen molar-refractivity contribution in [2.75, 3.05) is 43.1 Å². The number of aryl methyl sites for hydroxylation is 1. The maximum absolute atomic E-state index is 12.9. The molecular weight excluding hydrogens is 470 g/mol. The number of hydrogen-bond acceptors (Lipinski definition) is 9. The quantitative estimate of drug-likeness (QED) is 0.602. The van der Waals surface area contributed by atoms with E-state index in [1.807, 2.05) is 18.0 Å². The zero-order chi connectivity index (χ0) is 24.6. The number of pyridine rings is 1. The number of sulfone groups is 1. The molecule has 5 rings (SSSR count). The first-order chi connectivity index (χ1) is 16.8. The summed E-state index contributed by atoms with van der Waals surface area (Å²) in [5, 5.41) is 0. The number of rotatable bonds is 5. The van der Waals surface area contributed by atoms with Crippen molar-refractivity contribution in [2.45, 2.75) is 45.3 Å². The third-order valence-electron chi connectivity index (χ3n) is 7.18. The Kier molecular flexibility index (Phi) is 6.52. The number of carbonyl (C=O) groups is 1. The van der Waals surface area contributed by atoms with Gasteiger partial charge in [-0.05, 0) is 25.8 Å². The fourth-order valence-electron chi connectivity index (χ4n) is 5.15. The van der Waals surface area contributed by atoms with Gasteiger partial charge in [0.1, 0.15) is 22.3 Å². The van der Waals surface area contributed by atoms with Gasteiger partial charge < -0.3 is 19.3 Å². The Morgan fingerprint density at radius 1 is 1.09 bits per heavy atom. The summed E-state index contributed by atoms with van der Waals surface area (Å²) in [7, 11) is -1.37. The van der Waals surface area contributed by atoms with Crippen LogP contribution in [0.5, 0.6) is 11.8 Å². The third kappa shape index (κ3) is 5.05. The van der Waals surface area contributed by atoms with E-state index in [0.29, 0.717) is 44.2 Å². The minimum Gasteiger partial charge on any atom is -0.481 e. The number of nitrogens with zero attached hydrogens (tertiary/aromatic N) is 5. The van der Waals surface area contributed by atoms with Crippen LogP contribution in [0.2, 0.25) is 0 Å². The summed E-state index contributed by atoms with van der Waals surface area (Å²) >= 11 is 0. The summed E-state index contributed by atoms with van der Waals surface area (Å²) in [5.41, 5.74) is 3.94. The van der Waals surface area contributed by atoms with Gasteiger partial charge in [0.15, 0.2) is 0 Å². The summed E-state index contributed by atoms with van der Waals surface area (Å²) in [6, 6.07) is 2.07. The Hall–Kier alpha value is -2.95. The van der Waals surface area contributed by atoms with Crippen LogP contribution in [-0.2, 0) is 27.6 Å². The smallest absolute Gasteiger partial charge is 0.225 e. The van der Waals surface area contributed by atoms with Crippen molar-refractivity contribution in [1.29, 1.82) is 0 Å². The zero-order valence-electron chi connectivity index (χ0n) is 20.1. The van der Waals surface area contributed by atoms with E-state index in [-0.39, 0.29) is 29.4 Å². The second-order valence-corrected chi connectivity index (χ2v) is 11.8. The van der Waals surface area contributed by atoms with Crippen molar-refractivity contribution in [1.82, 2.24) is 19.9 Å². The molecule has 3 aliphatic heterocycles. The molecule has 2 aromatic rings. The highest BCUT2D eigenvalue weighted by molar-refractivity contribution is 7.91. The molecule has 11 heteroatoms. The fourth-order valence-corrected chi connectivity index (χ4v) is 6.64. The van der Waals surface area contributed by atoms with Crippen LogP contribution in [-0.4, -0.2) is 78.5 Å². The highest BCUT2D eigenvalue weighted by atomic mass is 32.2. The number of amides is 1. The van der Waals surface area contributed by atoms with Crippen molar-refractivity contribution in [3.05, 3.63) is 35.4 Å². The van der Waals surface area contributed by atoms with Gasteiger partial charge in [0.2, 0.25) is 17.7 Å². The number of aromatic nitrogens is 3. The molecule has 2 fully saturated rings. The topological polar surface area (TPSA) is 115 Å². The van der Waals surface area contributed by atoms with E-state index in [1.165, 1.54) is 0 Å². The molecule has 1 amide bonds. The Balaban J connectivity index is 1.25. The lowest BCUT2D eigenvalue weighted by atomic mass is 10.0. The molecular formula is C24H31N5O5S. The van der Waals surface area contributed by atoms with Gasteiger partial charge >= 0.3 is 0 Å². The van der Waals surface area contributed by atoms with Crippen LogP contribution in [0.3, 0.4) is 0 Å². The summed E-state index contributed by atoms with van der Waals surface area (Å²) in [4.78, 5) is 30.3. The van der Waals surface area contributed by atoms with Gasteiger partial charge in [0.25, 0.3) is 0 Å². The van der Waals surface area contributed by atoms with Crippen molar-refractivity contribution in [2.24, 2.45) is 5.92 Å². The molecule has 0 radical (unpaired) electrons. The lowest BCUT2D eigenvalue weighted by Gasteiger charge is -2.31. The van der Waals surface area contributed by atoms with Gasteiger partial charge in [-0.2, -0.15) is 0 Å². The standard InChI is InChI=1S/C24H31N5O5S/c1-16-11-18(12-25-22(16)33-2)28-8-4-21-20(14-28)23(27-15-26-21)34-19-3-7-29(13-19)24(30)17-5-9-35(31,32)10-6-17/h11-12,15,17,19H,3-10,13-14H2,1-2H3/t19-/m0/s1. The Labute approximate surface area is 205 Å². The first-order valence-corrected chi connectivity index (χ1v) is 13.9.